The van der Waals surface area contributed by atoms with Crippen LogP contribution in [0.3, 0.4) is 0 Å². The summed E-state index contributed by atoms with van der Waals surface area (Å²) in [5.74, 6) is 0.147. The van der Waals surface area contributed by atoms with Crippen LogP contribution in [0.25, 0.3) is 0 Å². The number of aryl methyl sites for hydroxylation is 1. The predicted molar refractivity (Wildman–Crippen MR) is 134 cm³/mol. The normalized spacial score (nSPS) is 21.6. The molecule has 0 spiro atoms. The van der Waals surface area contributed by atoms with Crippen molar-refractivity contribution in [2.75, 3.05) is 32.7 Å². The number of nitrogens with one attached hydrogen (secondary N) is 1. The Kier molecular flexibility index (Phi) is 6.82. The Morgan fingerprint density at radius 1 is 1.09 bits per heavy atom. The first-order valence-corrected chi connectivity index (χ1v) is 12.7. The summed E-state index contributed by atoms with van der Waals surface area (Å²) in [6, 6.07) is 11.0. The number of urea groups is 1. The Labute approximate surface area is 201 Å². The van der Waals surface area contributed by atoms with Crippen LogP contribution in [0.15, 0.2) is 35.7 Å². The minimum atomic E-state index is -0.274. The second-order valence-corrected chi connectivity index (χ2v) is 11.4. The van der Waals surface area contributed by atoms with Crippen LogP contribution in [0.5, 0.6) is 0 Å². The van der Waals surface area contributed by atoms with Crippen molar-refractivity contribution in [3.63, 3.8) is 0 Å². The third-order valence-electron chi connectivity index (χ3n) is 6.52. The number of rotatable bonds is 3. The summed E-state index contributed by atoms with van der Waals surface area (Å²) in [6.07, 6.45) is 0.986. The molecule has 0 unspecified atom stereocenters. The zero-order valence-electron chi connectivity index (χ0n) is 20.4. The lowest BCUT2D eigenvalue weighted by Crippen LogP contribution is -2.60. The van der Waals surface area contributed by atoms with E-state index in [-0.39, 0.29) is 29.6 Å². The van der Waals surface area contributed by atoms with Gasteiger partial charge in [0.1, 0.15) is 0 Å². The molecule has 2 aromatic rings. The SMILES string of the molecule is Cc1ccc([C@@H]2c3ccsc3CCN2CC(=O)N2CCN(C(=O)NC(C)(C)C)[C@@H](C)C2)cc1. The van der Waals surface area contributed by atoms with Crippen molar-refractivity contribution >= 4 is 23.3 Å². The molecule has 0 aliphatic carbocycles. The molecule has 1 fully saturated rings. The van der Waals surface area contributed by atoms with Gasteiger partial charge in [0, 0.05) is 42.6 Å². The standard InChI is InChI=1S/C26H36N4O2S/c1-18-6-8-20(9-7-18)24-21-11-15-33-22(21)10-12-29(24)17-23(31)28-13-14-30(19(2)16-28)25(32)27-26(3,4)5/h6-9,11,15,19,24H,10,12-14,16-17H2,1-5H3,(H,27,32)/t19-,24+/m0/s1. The maximum Gasteiger partial charge on any atom is 0.318 e. The molecule has 178 valence electrons. The summed E-state index contributed by atoms with van der Waals surface area (Å²) < 4.78 is 0. The van der Waals surface area contributed by atoms with E-state index < -0.39 is 0 Å². The van der Waals surface area contributed by atoms with Crippen molar-refractivity contribution < 1.29 is 9.59 Å². The van der Waals surface area contributed by atoms with E-state index in [1.165, 1.54) is 21.6 Å². The number of thiophene rings is 1. The highest BCUT2D eigenvalue weighted by Gasteiger charge is 2.35. The lowest BCUT2D eigenvalue weighted by Gasteiger charge is -2.42. The minimum absolute atomic E-state index is 0.0113. The fourth-order valence-corrected chi connectivity index (χ4v) is 5.73. The first kappa shape index (κ1) is 23.8. The molecule has 2 aliphatic rings. The van der Waals surface area contributed by atoms with E-state index in [2.05, 4.69) is 52.9 Å². The summed E-state index contributed by atoms with van der Waals surface area (Å²) in [4.78, 5) is 33.5. The number of fused-ring (bicyclic) bond motifs is 1. The number of benzene rings is 1. The van der Waals surface area contributed by atoms with Crippen LogP contribution in [-0.4, -0.2) is 70.9 Å². The van der Waals surface area contributed by atoms with Crippen LogP contribution < -0.4 is 5.32 Å². The molecule has 4 rings (SSSR count). The first-order valence-electron chi connectivity index (χ1n) is 11.9. The fraction of sp³-hybridized carbons (Fsp3) is 0.538. The Morgan fingerprint density at radius 2 is 1.82 bits per heavy atom. The van der Waals surface area contributed by atoms with Gasteiger partial charge < -0.3 is 15.1 Å². The van der Waals surface area contributed by atoms with Gasteiger partial charge in [-0.1, -0.05) is 29.8 Å². The Hall–Kier alpha value is -2.38. The van der Waals surface area contributed by atoms with Crippen LogP contribution >= 0.6 is 11.3 Å². The van der Waals surface area contributed by atoms with Gasteiger partial charge in [0.05, 0.1) is 12.6 Å². The molecule has 0 bridgehead atoms. The maximum absolute atomic E-state index is 13.4. The quantitative estimate of drug-likeness (QED) is 0.740. The molecule has 2 aliphatic heterocycles. The van der Waals surface area contributed by atoms with Gasteiger partial charge in [-0.3, -0.25) is 9.69 Å². The Morgan fingerprint density at radius 3 is 2.48 bits per heavy atom. The van der Waals surface area contributed by atoms with Gasteiger partial charge in [-0.2, -0.15) is 0 Å². The fourth-order valence-electron chi connectivity index (χ4n) is 4.83. The smallest absolute Gasteiger partial charge is 0.318 e. The molecular formula is C26H36N4O2S. The average Bonchev–Trinajstić information content (AvgIpc) is 3.22. The highest BCUT2D eigenvalue weighted by molar-refractivity contribution is 7.10. The van der Waals surface area contributed by atoms with Crippen molar-refractivity contribution in [3.8, 4) is 0 Å². The van der Waals surface area contributed by atoms with Gasteiger partial charge in [0.25, 0.3) is 0 Å². The van der Waals surface area contributed by atoms with Gasteiger partial charge in [-0.05, 0) is 63.6 Å². The Balaban J connectivity index is 1.44. The van der Waals surface area contributed by atoms with Crippen molar-refractivity contribution in [2.45, 2.75) is 58.7 Å². The molecule has 33 heavy (non-hydrogen) atoms. The summed E-state index contributed by atoms with van der Waals surface area (Å²) >= 11 is 1.82. The van der Waals surface area contributed by atoms with E-state index in [1.54, 1.807) is 0 Å². The number of amides is 3. The van der Waals surface area contributed by atoms with E-state index in [0.29, 0.717) is 26.2 Å². The van der Waals surface area contributed by atoms with Crippen LogP contribution in [0.2, 0.25) is 0 Å². The molecule has 1 saturated heterocycles. The maximum atomic E-state index is 13.4. The summed E-state index contributed by atoms with van der Waals surface area (Å²) in [7, 11) is 0. The second kappa shape index (κ2) is 9.47. The predicted octanol–water partition coefficient (Wildman–Crippen LogP) is 4.04. The number of hydrogen-bond acceptors (Lipinski definition) is 4. The highest BCUT2D eigenvalue weighted by atomic mass is 32.1. The van der Waals surface area contributed by atoms with Crippen LogP contribution in [-0.2, 0) is 11.2 Å². The lowest BCUT2D eigenvalue weighted by molar-refractivity contribution is -0.135. The van der Waals surface area contributed by atoms with Crippen molar-refractivity contribution in [1.82, 2.24) is 20.0 Å². The number of carbonyl (C=O) groups excluding carboxylic acids is 2. The van der Waals surface area contributed by atoms with Crippen molar-refractivity contribution in [3.05, 3.63) is 57.3 Å². The molecule has 3 amide bonds. The van der Waals surface area contributed by atoms with E-state index >= 15 is 0 Å². The number of nitrogens with zero attached hydrogens (tertiary/aromatic N) is 3. The monoisotopic (exact) mass is 468 g/mol. The van der Waals surface area contributed by atoms with E-state index in [4.69, 9.17) is 0 Å². The largest absolute Gasteiger partial charge is 0.338 e. The molecule has 2 atom stereocenters. The van der Waals surface area contributed by atoms with Crippen LogP contribution in [0.1, 0.15) is 55.3 Å². The third kappa shape index (κ3) is 5.41. The van der Waals surface area contributed by atoms with Gasteiger partial charge in [-0.25, -0.2) is 4.79 Å². The lowest BCUT2D eigenvalue weighted by atomic mass is 9.92. The van der Waals surface area contributed by atoms with Gasteiger partial charge in [0.2, 0.25) is 5.91 Å². The van der Waals surface area contributed by atoms with E-state index in [9.17, 15) is 9.59 Å². The van der Waals surface area contributed by atoms with Gasteiger partial charge >= 0.3 is 6.03 Å². The third-order valence-corrected chi connectivity index (χ3v) is 7.52. The molecular weight excluding hydrogens is 432 g/mol. The molecule has 1 N–H and O–H groups in total. The van der Waals surface area contributed by atoms with Gasteiger partial charge in [-0.15, -0.1) is 11.3 Å². The van der Waals surface area contributed by atoms with E-state index in [1.807, 2.05) is 48.8 Å². The topological polar surface area (TPSA) is 55.9 Å². The molecule has 7 heteroatoms. The zero-order chi connectivity index (χ0) is 23.8. The molecule has 6 nitrogen and oxygen atoms in total. The number of piperazine rings is 1. The summed E-state index contributed by atoms with van der Waals surface area (Å²) in [5.41, 5.74) is 3.54. The van der Waals surface area contributed by atoms with Gasteiger partial charge in [0.15, 0.2) is 0 Å². The molecule has 1 aromatic heterocycles. The van der Waals surface area contributed by atoms with E-state index in [0.717, 1.165) is 13.0 Å². The average molecular weight is 469 g/mol. The molecule has 0 radical (unpaired) electrons. The zero-order valence-corrected chi connectivity index (χ0v) is 21.2. The highest BCUT2D eigenvalue weighted by Crippen LogP contribution is 2.37. The minimum Gasteiger partial charge on any atom is -0.338 e. The van der Waals surface area contributed by atoms with Crippen molar-refractivity contribution in [1.29, 1.82) is 0 Å². The number of hydrogen-bond donors (Lipinski definition) is 1. The molecule has 1 aromatic carbocycles. The summed E-state index contributed by atoms with van der Waals surface area (Å²) in [5, 5.41) is 5.21. The second-order valence-electron chi connectivity index (χ2n) is 10.4. The summed E-state index contributed by atoms with van der Waals surface area (Å²) in [6.45, 7) is 13.1. The first-order chi connectivity index (χ1) is 15.6. The van der Waals surface area contributed by atoms with Crippen LogP contribution in [0, 0.1) is 6.92 Å². The van der Waals surface area contributed by atoms with Crippen molar-refractivity contribution in [2.24, 2.45) is 0 Å². The molecule has 3 heterocycles. The molecule has 0 saturated carbocycles. The Bertz CT molecular complexity index is 994. The van der Waals surface area contributed by atoms with Crippen LogP contribution in [0.4, 0.5) is 4.79 Å². The number of carbonyl (C=O) groups is 2.